The molecule has 0 radical (unpaired) electrons. The van der Waals surface area contributed by atoms with Gasteiger partial charge in [0, 0.05) is 12.4 Å². The number of aliphatic hydroxyl groups excluding tert-OH is 1. The van der Waals surface area contributed by atoms with E-state index in [0.717, 1.165) is 6.04 Å². The van der Waals surface area contributed by atoms with E-state index in [9.17, 15) is 9.90 Å². The number of carbonyl (C=O) groups is 1. The Kier molecular flexibility index (Phi) is 5.47. The minimum atomic E-state index is -1.22. The molecule has 1 rings (SSSR count). The number of rotatable bonds is 6. The van der Waals surface area contributed by atoms with Crippen molar-refractivity contribution in [3.8, 4) is 0 Å². The van der Waals surface area contributed by atoms with Crippen molar-refractivity contribution in [2.45, 2.75) is 45.6 Å². The zero-order valence-corrected chi connectivity index (χ0v) is 14.0. The van der Waals surface area contributed by atoms with Crippen LogP contribution in [-0.2, 0) is 9.53 Å². The van der Waals surface area contributed by atoms with Crippen molar-refractivity contribution in [2.24, 2.45) is 5.41 Å². The molecule has 1 heterocycles. The molecule has 5 heteroatoms. The lowest BCUT2D eigenvalue weighted by Gasteiger charge is -2.31. The van der Waals surface area contributed by atoms with Crippen LogP contribution in [-0.4, -0.2) is 30.7 Å². The van der Waals surface area contributed by atoms with Crippen LogP contribution in [0.1, 0.15) is 25.5 Å². The van der Waals surface area contributed by atoms with Crippen LogP contribution < -0.4 is 0 Å². The highest BCUT2D eigenvalue weighted by atomic mass is 28.3. The standard InChI is InChI=1S/C15H25NO3Si/c1-15(2,13(17)12-6-8-16-9-7-12)14(18)19-10-11-20(3,4)5/h6-9,13,17H,10-11H2,1-5H3/q-1. The van der Waals surface area contributed by atoms with E-state index in [-0.39, 0.29) is 5.97 Å². The lowest BCUT2D eigenvalue weighted by atomic mass is 9.83. The molecule has 1 aromatic rings. The van der Waals surface area contributed by atoms with E-state index >= 15 is 0 Å². The maximum atomic E-state index is 12.2. The summed E-state index contributed by atoms with van der Waals surface area (Å²) in [4.78, 5) is 16.1. The summed E-state index contributed by atoms with van der Waals surface area (Å²) in [5.74, 6) is -0.361. The summed E-state index contributed by atoms with van der Waals surface area (Å²) in [6.07, 6.45) is 2.31. The molecule has 0 saturated carbocycles. The van der Waals surface area contributed by atoms with E-state index in [4.69, 9.17) is 4.74 Å². The predicted molar refractivity (Wildman–Crippen MR) is 82.1 cm³/mol. The van der Waals surface area contributed by atoms with Gasteiger partial charge in [0.1, 0.15) is 0 Å². The number of aromatic nitrogens is 1. The molecule has 113 valence electrons. The SMILES string of the molecule is CC(C)(C(=O)OCC[Si-](C)(C)C)C(O)c1ccncc1. The van der Waals surface area contributed by atoms with Gasteiger partial charge >= 0.3 is 5.97 Å². The molecule has 0 bridgehead atoms. The number of aliphatic hydroxyl groups is 1. The average molecular weight is 295 g/mol. The second kappa shape index (κ2) is 6.50. The fourth-order valence-corrected chi connectivity index (χ4v) is 2.42. The molecule has 0 aromatic carbocycles. The molecule has 0 spiro atoms. The molecule has 0 fully saturated rings. The molecule has 0 aliphatic rings. The second-order valence-corrected chi connectivity index (χ2v) is 12.5. The maximum absolute atomic E-state index is 12.2. The van der Waals surface area contributed by atoms with Crippen LogP contribution in [0, 0.1) is 5.41 Å². The Morgan fingerprint density at radius 2 is 1.90 bits per heavy atom. The van der Waals surface area contributed by atoms with Gasteiger partial charge in [-0.05, 0) is 31.5 Å². The maximum Gasteiger partial charge on any atom is 0.314 e. The third-order valence-electron chi connectivity index (χ3n) is 3.32. The number of pyridine rings is 1. The van der Waals surface area contributed by atoms with Crippen molar-refractivity contribution >= 4 is 14.0 Å². The average Bonchev–Trinajstić information content (AvgIpc) is 2.37. The van der Waals surface area contributed by atoms with E-state index < -0.39 is 19.6 Å². The molecule has 1 aromatic heterocycles. The fourth-order valence-electron chi connectivity index (χ4n) is 1.71. The first-order valence-corrected chi connectivity index (χ1v) is 10.6. The normalized spacial score (nSPS) is 13.9. The minimum absolute atomic E-state index is 0.361. The molecule has 0 aliphatic carbocycles. The van der Waals surface area contributed by atoms with E-state index in [1.165, 1.54) is 0 Å². The quantitative estimate of drug-likeness (QED) is 0.647. The van der Waals surface area contributed by atoms with Crippen molar-refractivity contribution in [1.29, 1.82) is 0 Å². The summed E-state index contributed by atoms with van der Waals surface area (Å²) in [6, 6.07) is 4.35. The van der Waals surface area contributed by atoms with Crippen LogP contribution in [0.15, 0.2) is 24.5 Å². The van der Waals surface area contributed by atoms with Crippen molar-refractivity contribution in [3.05, 3.63) is 30.1 Å². The first-order valence-electron chi connectivity index (χ1n) is 6.90. The molecule has 20 heavy (non-hydrogen) atoms. The number of carbonyl (C=O) groups excluding carboxylic acids is 1. The molecule has 1 atom stereocenters. The van der Waals surface area contributed by atoms with Crippen LogP contribution >= 0.6 is 0 Å². The number of ether oxygens (including phenoxy) is 1. The highest BCUT2D eigenvalue weighted by Crippen LogP contribution is 2.34. The van der Waals surface area contributed by atoms with E-state index in [0.29, 0.717) is 12.2 Å². The van der Waals surface area contributed by atoms with E-state index in [1.807, 2.05) is 0 Å². The van der Waals surface area contributed by atoms with E-state index in [2.05, 4.69) is 24.6 Å². The zero-order valence-electron chi connectivity index (χ0n) is 13.0. The molecular formula is C15H25NO3Si-. The van der Waals surface area contributed by atoms with Gasteiger partial charge in [-0.3, -0.25) is 9.78 Å². The van der Waals surface area contributed by atoms with Gasteiger partial charge in [0.15, 0.2) is 0 Å². The lowest BCUT2D eigenvalue weighted by Crippen LogP contribution is -2.34. The summed E-state index contributed by atoms with van der Waals surface area (Å²) in [6.45, 7) is 10.5. The van der Waals surface area contributed by atoms with Crippen LogP contribution in [0.2, 0.25) is 25.7 Å². The van der Waals surface area contributed by atoms with Crippen LogP contribution in [0.5, 0.6) is 0 Å². The van der Waals surface area contributed by atoms with Gasteiger partial charge in [0.2, 0.25) is 0 Å². The Morgan fingerprint density at radius 1 is 1.35 bits per heavy atom. The second-order valence-electron chi connectivity index (χ2n) is 6.85. The Morgan fingerprint density at radius 3 is 2.40 bits per heavy atom. The molecular weight excluding hydrogens is 270 g/mol. The van der Waals surface area contributed by atoms with Crippen LogP contribution in [0.3, 0.4) is 0 Å². The summed E-state index contributed by atoms with van der Waals surface area (Å²) in [5, 5.41) is 10.4. The predicted octanol–water partition coefficient (Wildman–Crippen LogP) is 3.02. The van der Waals surface area contributed by atoms with Gasteiger partial charge in [0.05, 0.1) is 18.1 Å². The third-order valence-corrected chi connectivity index (χ3v) is 5.02. The Bertz CT molecular complexity index is 440. The summed E-state index contributed by atoms with van der Waals surface area (Å²) in [7, 11) is -1.22. The number of hydrogen-bond acceptors (Lipinski definition) is 4. The van der Waals surface area contributed by atoms with Crippen molar-refractivity contribution in [3.63, 3.8) is 0 Å². The van der Waals surface area contributed by atoms with Gasteiger partial charge in [-0.25, -0.2) is 0 Å². The van der Waals surface area contributed by atoms with Crippen molar-refractivity contribution < 1.29 is 14.6 Å². The Labute approximate surface area is 122 Å². The van der Waals surface area contributed by atoms with Crippen LogP contribution in [0.4, 0.5) is 0 Å². The minimum Gasteiger partial charge on any atom is -0.468 e. The highest BCUT2D eigenvalue weighted by Gasteiger charge is 2.38. The Balaban J connectivity index is 2.65. The first kappa shape index (κ1) is 16.9. The number of esters is 1. The third kappa shape index (κ3) is 4.72. The van der Waals surface area contributed by atoms with Gasteiger partial charge in [-0.1, -0.05) is 0 Å². The largest absolute Gasteiger partial charge is 0.468 e. The van der Waals surface area contributed by atoms with Crippen LogP contribution in [0.25, 0.3) is 0 Å². The van der Waals surface area contributed by atoms with Gasteiger partial charge in [-0.2, -0.15) is 19.6 Å². The smallest absolute Gasteiger partial charge is 0.314 e. The summed E-state index contributed by atoms with van der Waals surface area (Å²) in [5.41, 5.74) is -0.298. The molecule has 0 aliphatic heterocycles. The van der Waals surface area contributed by atoms with E-state index in [1.54, 1.807) is 38.4 Å². The molecule has 1 unspecified atom stereocenters. The summed E-state index contributed by atoms with van der Waals surface area (Å²) < 4.78 is 5.35. The molecule has 0 amide bonds. The first-order chi connectivity index (χ1) is 9.14. The summed E-state index contributed by atoms with van der Waals surface area (Å²) >= 11 is 0. The van der Waals surface area contributed by atoms with Crippen molar-refractivity contribution in [2.75, 3.05) is 6.61 Å². The Hall–Kier alpha value is -1.20. The number of hydrogen-bond donors (Lipinski definition) is 1. The lowest BCUT2D eigenvalue weighted by molar-refractivity contribution is -0.160. The fraction of sp³-hybridized carbons (Fsp3) is 0.600. The molecule has 0 saturated heterocycles. The topological polar surface area (TPSA) is 59.4 Å². The molecule has 1 N–H and O–H groups in total. The zero-order chi connectivity index (χ0) is 15.4. The molecule has 4 nitrogen and oxygen atoms in total. The van der Waals surface area contributed by atoms with Gasteiger partial charge in [-0.15, -0.1) is 14.1 Å². The van der Waals surface area contributed by atoms with Gasteiger partial charge in [0.25, 0.3) is 0 Å². The monoisotopic (exact) mass is 295 g/mol. The van der Waals surface area contributed by atoms with Gasteiger partial charge < -0.3 is 9.84 Å². The highest BCUT2D eigenvalue weighted by molar-refractivity contribution is 6.76. The van der Waals surface area contributed by atoms with Crippen molar-refractivity contribution in [1.82, 2.24) is 4.98 Å². The number of nitrogens with zero attached hydrogens (tertiary/aromatic N) is 1.